The largest absolute Gasteiger partial charge is 0.387 e. The first kappa shape index (κ1) is 5.59. The van der Waals surface area contributed by atoms with Crippen molar-refractivity contribution < 1.29 is 0 Å². The molecule has 0 bridgehead atoms. The Hall–Kier alpha value is -1.18. The normalized spacial score (nSPS) is 21.6. The van der Waals surface area contributed by atoms with E-state index in [1.54, 1.807) is 0 Å². The number of hydrogen-bond acceptors (Lipinski definition) is 2. The minimum atomic E-state index is 1.04. The van der Waals surface area contributed by atoms with Crippen molar-refractivity contribution in [3.8, 4) is 0 Å². The summed E-state index contributed by atoms with van der Waals surface area (Å²) in [5, 5.41) is 3.20. The van der Waals surface area contributed by atoms with Gasteiger partial charge >= 0.3 is 0 Å². The van der Waals surface area contributed by atoms with Gasteiger partial charge < -0.3 is 10.2 Å². The fourth-order valence-corrected chi connectivity index (χ4v) is 1.19. The quantitative estimate of drug-likeness (QED) is 0.527. The summed E-state index contributed by atoms with van der Waals surface area (Å²) in [5.74, 6) is 0. The van der Waals surface area contributed by atoms with Gasteiger partial charge in [0.25, 0.3) is 0 Å². The highest BCUT2D eigenvalue weighted by Gasteiger charge is 2.08. The molecule has 10 heavy (non-hydrogen) atoms. The second kappa shape index (κ2) is 2.21. The molecule has 0 fully saturated rings. The predicted molar refractivity (Wildman–Crippen MR) is 41.1 cm³/mol. The van der Waals surface area contributed by atoms with Crippen LogP contribution in [-0.4, -0.2) is 18.0 Å². The van der Waals surface area contributed by atoms with E-state index < -0.39 is 0 Å². The van der Waals surface area contributed by atoms with Crippen LogP contribution < -0.4 is 5.32 Å². The maximum Gasteiger partial charge on any atom is 0.0566 e. The Kier molecular flexibility index (Phi) is 1.24. The second-order valence-corrected chi connectivity index (χ2v) is 2.42. The molecular formula is C8H10N2. The van der Waals surface area contributed by atoms with Crippen LogP contribution in [0.3, 0.4) is 0 Å². The number of nitrogens with one attached hydrogen (secondary N) is 1. The Morgan fingerprint density at radius 2 is 2.40 bits per heavy atom. The molecule has 0 saturated heterocycles. The molecule has 0 radical (unpaired) electrons. The van der Waals surface area contributed by atoms with Crippen LogP contribution in [0.1, 0.15) is 0 Å². The third-order valence-corrected chi connectivity index (χ3v) is 1.72. The molecule has 0 spiro atoms. The lowest BCUT2D eigenvalue weighted by Gasteiger charge is -2.27. The number of rotatable bonds is 0. The van der Waals surface area contributed by atoms with E-state index in [1.165, 1.54) is 5.70 Å². The molecule has 2 heterocycles. The van der Waals surface area contributed by atoms with E-state index in [0.717, 1.165) is 13.1 Å². The van der Waals surface area contributed by atoms with Gasteiger partial charge in [-0.2, -0.15) is 0 Å². The molecule has 0 amide bonds. The van der Waals surface area contributed by atoms with Crippen LogP contribution in [0, 0.1) is 0 Å². The van der Waals surface area contributed by atoms with Crippen molar-refractivity contribution in [3.63, 3.8) is 0 Å². The molecule has 0 unspecified atom stereocenters. The van der Waals surface area contributed by atoms with Gasteiger partial charge in [-0.15, -0.1) is 0 Å². The van der Waals surface area contributed by atoms with Crippen molar-refractivity contribution in [2.45, 2.75) is 0 Å². The summed E-state index contributed by atoms with van der Waals surface area (Å²) in [6.07, 6.45) is 10.4. The zero-order valence-electron chi connectivity index (χ0n) is 5.75. The van der Waals surface area contributed by atoms with Crippen molar-refractivity contribution in [3.05, 3.63) is 36.3 Å². The molecule has 2 aliphatic heterocycles. The lowest BCUT2D eigenvalue weighted by atomic mass is 10.2. The zero-order valence-corrected chi connectivity index (χ0v) is 5.75. The summed E-state index contributed by atoms with van der Waals surface area (Å²) < 4.78 is 0. The summed E-state index contributed by atoms with van der Waals surface area (Å²) >= 11 is 0. The van der Waals surface area contributed by atoms with E-state index in [2.05, 4.69) is 34.6 Å². The van der Waals surface area contributed by atoms with Gasteiger partial charge in [-0.05, 0) is 12.2 Å². The Labute approximate surface area is 60.5 Å². The van der Waals surface area contributed by atoms with Crippen LogP contribution >= 0.6 is 0 Å². The Morgan fingerprint density at radius 1 is 1.40 bits per heavy atom. The van der Waals surface area contributed by atoms with Gasteiger partial charge in [-0.1, -0.05) is 6.08 Å². The molecule has 1 N–H and O–H groups in total. The highest BCUT2D eigenvalue weighted by atomic mass is 15.2. The van der Waals surface area contributed by atoms with Gasteiger partial charge in [-0.3, -0.25) is 0 Å². The van der Waals surface area contributed by atoms with Crippen molar-refractivity contribution in [2.24, 2.45) is 0 Å². The molecule has 0 aromatic carbocycles. The van der Waals surface area contributed by atoms with Gasteiger partial charge in [0.2, 0.25) is 0 Å². The van der Waals surface area contributed by atoms with Crippen molar-refractivity contribution in [1.82, 2.24) is 10.2 Å². The van der Waals surface area contributed by atoms with Gasteiger partial charge in [0.15, 0.2) is 0 Å². The molecule has 0 aromatic heterocycles. The minimum absolute atomic E-state index is 1.04. The van der Waals surface area contributed by atoms with Crippen molar-refractivity contribution >= 4 is 0 Å². The van der Waals surface area contributed by atoms with Gasteiger partial charge in [0.1, 0.15) is 0 Å². The highest BCUT2D eigenvalue weighted by molar-refractivity contribution is 5.28. The summed E-state index contributed by atoms with van der Waals surface area (Å²) in [7, 11) is 0. The molecule has 0 saturated carbocycles. The Balaban J connectivity index is 2.27. The van der Waals surface area contributed by atoms with Gasteiger partial charge in [0.05, 0.1) is 5.70 Å². The first-order chi connectivity index (χ1) is 4.97. The molecule has 2 heteroatoms. The molecular weight excluding hydrogens is 124 g/mol. The molecule has 2 aliphatic rings. The first-order valence-electron chi connectivity index (χ1n) is 3.52. The molecule has 0 atom stereocenters. The van der Waals surface area contributed by atoms with Crippen LogP contribution in [0.2, 0.25) is 0 Å². The number of hydrogen-bond donors (Lipinski definition) is 1. The van der Waals surface area contributed by atoms with Crippen LogP contribution in [0.15, 0.2) is 36.3 Å². The number of nitrogens with zero attached hydrogens (tertiary/aromatic N) is 1. The number of fused-ring (bicyclic) bond motifs is 1. The summed E-state index contributed by atoms with van der Waals surface area (Å²) in [6.45, 7) is 2.12. The third-order valence-electron chi connectivity index (χ3n) is 1.72. The maximum absolute atomic E-state index is 3.20. The van der Waals surface area contributed by atoms with Crippen molar-refractivity contribution in [2.75, 3.05) is 13.1 Å². The fraction of sp³-hybridized carbons (Fsp3) is 0.250. The van der Waals surface area contributed by atoms with E-state index in [-0.39, 0.29) is 0 Å². The lowest BCUT2D eigenvalue weighted by Crippen LogP contribution is -2.32. The smallest absolute Gasteiger partial charge is 0.0566 e. The topological polar surface area (TPSA) is 15.3 Å². The highest BCUT2D eigenvalue weighted by Crippen LogP contribution is 2.12. The predicted octanol–water partition coefficient (Wildman–Crippen LogP) is 0.817. The lowest BCUT2D eigenvalue weighted by molar-refractivity contribution is 0.444. The average molecular weight is 134 g/mol. The van der Waals surface area contributed by atoms with Crippen LogP contribution in [0.4, 0.5) is 0 Å². The molecule has 2 nitrogen and oxygen atoms in total. The van der Waals surface area contributed by atoms with Gasteiger partial charge in [-0.25, -0.2) is 0 Å². The summed E-state index contributed by atoms with van der Waals surface area (Å²) in [6, 6.07) is 0. The average Bonchev–Trinajstić information content (AvgIpc) is 2.05. The molecule has 0 aromatic rings. The molecule has 2 rings (SSSR count). The van der Waals surface area contributed by atoms with Crippen LogP contribution in [0.5, 0.6) is 0 Å². The van der Waals surface area contributed by atoms with E-state index in [1.807, 2.05) is 6.20 Å². The maximum atomic E-state index is 3.20. The van der Waals surface area contributed by atoms with Crippen LogP contribution in [-0.2, 0) is 0 Å². The zero-order chi connectivity index (χ0) is 6.81. The van der Waals surface area contributed by atoms with E-state index in [4.69, 9.17) is 0 Å². The van der Waals surface area contributed by atoms with E-state index in [0.29, 0.717) is 0 Å². The van der Waals surface area contributed by atoms with E-state index >= 15 is 0 Å². The fourth-order valence-electron chi connectivity index (χ4n) is 1.19. The van der Waals surface area contributed by atoms with Crippen molar-refractivity contribution in [1.29, 1.82) is 0 Å². The molecule has 52 valence electrons. The number of allylic oxidation sites excluding steroid dienone is 3. The first-order valence-corrected chi connectivity index (χ1v) is 3.52. The standard InChI is InChI=1S/C8H10N2/c1-2-5-10-6-4-9-7-8(10)3-1/h1-3,5,7,9H,4,6H2. The minimum Gasteiger partial charge on any atom is -0.387 e. The second-order valence-electron chi connectivity index (χ2n) is 2.42. The Bertz CT molecular complexity index is 213. The van der Waals surface area contributed by atoms with Gasteiger partial charge in [0, 0.05) is 25.5 Å². The summed E-state index contributed by atoms with van der Waals surface area (Å²) in [4.78, 5) is 2.23. The SMILES string of the molecule is C1=CC2=CNCCN2C=C1. The Morgan fingerprint density at radius 3 is 3.30 bits per heavy atom. The molecule has 0 aliphatic carbocycles. The summed E-state index contributed by atoms with van der Waals surface area (Å²) in [5.41, 5.74) is 1.26. The van der Waals surface area contributed by atoms with E-state index in [9.17, 15) is 0 Å². The van der Waals surface area contributed by atoms with Crippen LogP contribution in [0.25, 0.3) is 0 Å². The monoisotopic (exact) mass is 134 g/mol. The third kappa shape index (κ3) is 0.817.